The van der Waals surface area contributed by atoms with Crippen molar-refractivity contribution in [3.05, 3.63) is 28.2 Å². The molecule has 0 bridgehead atoms. The number of hydrogen-bond donors (Lipinski definition) is 1. The van der Waals surface area contributed by atoms with Crippen LogP contribution in [-0.2, 0) is 4.74 Å². The van der Waals surface area contributed by atoms with Crippen molar-refractivity contribution in [2.75, 3.05) is 20.3 Å². The van der Waals surface area contributed by atoms with Crippen molar-refractivity contribution in [1.29, 1.82) is 0 Å². The molecule has 1 rings (SSSR count). The molecule has 0 spiro atoms. The number of benzene rings is 1. The molecule has 0 saturated heterocycles. The number of ether oxygens (including phenoxy) is 2. The van der Waals surface area contributed by atoms with Gasteiger partial charge in [-0.05, 0) is 34.1 Å². The summed E-state index contributed by atoms with van der Waals surface area (Å²) in [4.78, 5) is 10.7. The van der Waals surface area contributed by atoms with Crippen LogP contribution in [0, 0.1) is 0 Å². The summed E-state index contributed by atoms with van der Waals surface area (Å²) in [5.41, 5.74) is 0.233. The van der Waals surface area contributed by atoms with Gasteiger partial charge in [0.05, 0.1) is 16.6 Å². The minimum absolute atomic E-state index is 0.233. The van der Waals surface area contributed by atoms with E-state index in [9.17, 15) is 4.79 Å². The highest BCUT2D eigenvalue weighted by Crippen LogP contribution is 2.26. The van der Waals surface area contributed by atoms with Crippen molar-refractivity contribution in [3.63, 3.8) is 0 Å². The summed E-state index contributed by atoms with van der Waals surface area (Å²) in [6.45, 7) is 1.18. The number of methoxy groups -OCH3 is 1. The van der Waals surface area contributed by atoms with Crippen molar-refractivity contribution < 1.29 is 19.4 Å². The SMILES string of the molecule is COCCCOc1ccc(C(=O)O)cc1Br. The molecule has 16 heavy (non-hydrogen) atoms. The minimum Gasteiger partial charge on any atom is -0.492 e. The highest BCUT2D eigenvalue weighted by Gasteiger charge is 2.07. The standard InChI is InChI=1S/C11H13BrO4/c1-15-5-2-6-16-10-4-3-8(11(13)14)7-9(10)12/h3-4,7H,2,5-6H2,1H3,(H,13,14). The lowest BCUT2D eigenvalue weighted by Crippen LogP contribution is -2.02. The Kier molecular flexibility index (Phi) is 5.28. The summed E-state index contributed by atoms with van der Waals surface area (Å²) in [7, 11) is 1.64. The molecule has 0 aromatic heterocycles. The lowest BCUT2D eigenvalue weighted by Gasteiger charge is -2.08. The van der Waals surface area contributed by atoms with Gasteiger partial charge in [0.1, 0.15) is 5.75 Å². The van der Waals surface area contributed by atoms with E-state index in [2.05, 4.69) is 15.9 Å². The Bertz CT molecular complexity index is 365. The normalized spacial score (nSPS) is 10.1. The maximum Gasteiger partial charge on any atom is 0.335 e. The summed E-state index contributed by atoms with van der Waals surface area (Å²) in [5.74, 6) is -0.312. The molecule has 1 N–H and O–H groups in total. The lowest BCUT2D eigenvalue weighted by atomic mass is 10.2. The third-order valence-corrected chi connectivity index (χ3v) is 2.55. The van der Waals surface area contributed by atoms with E-state index in [-0.39, 0.29) is 5.56 Å². The quantitative estimate of drug-likeness (QED) is 0.818. The average Bonchev–Trinajstić information content (AvgIpc) is 2.26. The van der Waals surface area contributed by atoms with Gasteiger partial charge in [-0.2, -0.15) is 0 Å². The number of carboxylic acid groups (broad SMARTS) is 1. The Morgan fingerprint density at radius 1 is 1.44 bits per heavy atom. The molecular formula is C11H13BrO4. The number of aromatic carboxylic acids is 1. The second kappa shape index (κ2) is 6.50. The summed E-state index contributed by atoms with van der Waals surface area (Å²) in [6, 6.07) is 4.67. The van der Waals surface area contributed by atoms with Crippen molar-refractivity contribution in [1.82, 2.24) is 0 Å². The van der Waals surface area contributed by atoms with Crippen LogP contribution in [0.2, 0.25) is 0 Å². The molecule has 0 atom stereocenters. The van der Waals surface area contributed by atoms with Crippen LogP contribution in [0.3, 0.4) is 0 Å². The van der Waals surface area contributed by atoms with Crippen molar-refractivity contribution >= 4 is 21.9 Å². The molecule has 0 aliphatic carbocycles. The summed E-state index contributed by atoms with van der Waals surface area (Å²) >= 11 is 3.27. The van der Waals surface area contributed by atoms with Crippen molar-refractivity contribution in [2.24, 2.45) is 0 Å². The number of carboxylic acids is 1. The fraction of sp³-hybridized carbons (Fsp3) is 0.364. The van der Waals surface area contributed by atoms with Gasteiger partial charge in [-0.25, -0.2) is 4.79 Å². The van der Waals surface area contributed by atoms with Crippen molar-refractivity contribution in [2.45, 2.75) is 6.42 Å². The number of rotatable bonds is 6. The Morgan fingerprint density at radius 2 is 2.19 bits per heavy atom. The second-order valence-electron chi connectivity index (χ2n) is 3.15. The zero-order valence-electron chi connectivity index (χ0n) is 8.90. The van der Waals surface area contributed by atoms with Gasteiger partial charge < -0.3 is 14.6 Å². The minimum atomic E-state index is -0.952. The van der Waals surface area contributed by atoms with E-state index in [1.807, 2.05) is 0 Å². The molecule has 0 radical (unpaired) electrons. The van der Waals surface area contributed by atoms with E-state index < -0.39 is 5.97 Å². The third kappa shape index (κ3) is 3.83. The fourth-order valence-electron chi connectivity index (χ4n) is 1.14. The van der Waals surface area contributed by atoms with E-state index in [0.717, 1.165) is 6.42 Å². The van der Waals surface area contributed by atoms with Crippen LogP contribution in [0.15, 0.2) is 22.7 Å². The molecule has 0 aliphatic rings. The predicted octanol–water partition coefficient (Wildman–Crippen LogP) is 2.56. The highest BCUT2D eigenvalue weighted by atomic mass is 79.9. The molecular weight excluding hydrogens is 276 g/mol. The molecule has 0 heterocycles. The van der Waals surface area contributed by atoms with E-state index in [1.54, 1.807) is 13.2 Å². The van der Waals surface area contributed by atoms with E-state index in [1.165, 1.54) is 12.1 Å². The predicted molar refractivity (Wildman–Crippen MR) is 63.1 cm³/mol. The lowest BCUT2D eigenvalue weighted by molar-refractivity contribution is 0.0697. The molecule has 1 aromatic carbocycles. The molecule has 88 valence electrons. The third-order valence-electron chi connectivity index (χ3n) is 1.93. The first-order valence-corrected chi connectivity index (χ1v) is 5.59. The molecule has 0 amide bonds. The highest BCUT2D eigenvalue weighted by molar-refractivity contribution is 9.10. The van der Waals surface area contributed by atoms with Gasteiger partial charge in [0.2, 0.25) is 0 Å². The molecule has 0 fully saturated rings. The van der Waals surface area contributed by atoms with Crippen LogP contribution in [0.25, 0.3) is 0 Å². The smallest absolute Gasteiger partial charge is 0.335 e. The summed E-state index contributed by atoms with van der Waals surface area (Å²) in [5, 5.41) is 8.77. The Morgan fingerprint density at radius 3 is 2.75 bits per heavy atom. The second-order valence-corrected chi connectivity index (χ2v) is 4.00. The average molecular weight is 289 g/mol. The number of halogens is 1. The first kappa shape index (κ1) is 13.0. The van der Waals surface area contributed by atoms with Gasteiger partial charge in [0.15, 0.2) is 0 Å². The van der Waals surface area contributed by atoms with Gasteiger partial charge >= 0.3 is 5.97 Å². The van der Waals surface area contributed by atoms with Crippen LogP contribution in [0.1, 0.15) is 16.8 Å². The van der Waals surface area contributed by atoms with Crippen LogP contribution in [0.4, 0.5) is 0 Å². The first-order chi connectivity index (χ1) is 7.65. The largest absolute Gasteiger partial charge is 0.492 e. The zero-order chi connectivity index (χ0) is 12.0. The number of hydrogen-bond acceptors (Lipinski definition) is 3. The molecule has 0 unspecified atom stereocenters. The Balaban J connectivity index is 2.57. The molecule has 0 aliphatic heterocycles. The Hall–Kier alpha value is -1.07. The Labute approximate surface area is 102 Å². The van der Waals surface area contributed by atoms with Crippen LogP contribution < -0.4 is 4.74 Å². The first-order valence-electron chi connectivity index (χ1n) is 4.79. The van der Waals surface area contributed by atoms with Gasteiger partial charge in [-0.3, -0.25) is 0 Å². The van der Waals surface area contributed by atoms with Gasteiger partial charge in [0.25, 0.3) is 0 Å². The van der Waals surface area contributed by atoms with E-state index >= 15 is 0 Å². The van der Waals surface area contributed by atoms with Gasteiger partial charge in [-0.1, -0.05) is 0 Å². The van der Waals surface area contributed by atoms with Crippen LogP contribution in [-0.4, -0.2) is 31.4 Å². The van der Waals surface area contributed by atoms with Crippen LogP contribution in [0.5, 0.6) is 5.75 Å². The fourth-order valence-corrected chi connectivity index (χ4v) is 1.63. The summed E-state index contributed by atoms with van der Waals surface area (Å²) < 4.78 is 11.0. The van der Waals surface area contributed by atoms with Gasteiger partial charge in [0, 0.05) is 20.1 Å². The topological polar surface area (TPSA) is 55.8 Å². The molecule has 5 heteroatoms. The maximum atomic E-state index is 10.7. The maximum absolute atomic E-state index is 10.7. The zero-order valence-corrected chi connectivity index (χ0v) is 10.5. The molecule has 1 aromatic rings. The monoisotopic (exact) mass is 288 g/mol. The van der Waals surface area contributed by atoms with Crippen molar-refractivity contribution in [3.8, 4) is 5.75 Å². The molecule has 0 saturated carbocycles. The van der Waals surface area contributed by atoms with Crippen LogP contribution >= 0.6 is 15.9 Å². The van der Waals surface area contributed by atoms with Gasteiger partial charge in [-0.15, -0.1) is 0 Å². The molecule has 4 nitrogen and oxygen atoms in total. The number of carbonyl (C=O) groups is 1. The van der Waals surface area contributed by atoms with E-state index in [4.69, 9.17) is 14.6 Å². The van der Waals surface area contributed by atoms with E-state index in [0.29, 0.717) is 23.4 Å². The summed E-state index contributed by atoms with van der Waals surface area (Å²) in [6.07, 6.45) is 0.795.